The number of hydrogen-bond donors (Lipinski definition) is 1. The molecule has 0 saturated heterocycles. The number of benzene rings is 2. The van der Waals surface area contributed by atoms with Crippen LogP contribution in [0.3, 0.4) is 0 Å². The van der Waals surface area contributed by atoms with E-state index < -0.39 is 0 Å². The molecule has 0 aliphatic carbocycles. The third kappa shape index (κ3) is 3.03. The van der Waals surface area contributed by atoms with Gasteiger partial charge < -0.3 is 0 Å². The van der Waals surface area contributed by atoms with Gasteiger partial charge in [-0.1, -0.05) is 48.5 Å². The van der Waals surface area contributed by atoms with Crippen molar-refractivity contribution >= 4 is 11.8 Å². The minimum atomic E-state index is -0.216. The van der Waals surface area contributed by atoms with Crippen LogP contribution in [0.1, 0.15) is 21.6 Å². The van der Waals surface area contributed by atoms with Gasteiger partial charge in [0, 0.05) is 18.1 Å². The molecular formula is C17H16N3O2+. The van der Waals surface area contributed by atoms with Crippen LogP contribution in [0.5, 0.6) is 0 Å². The smallest absolute Gasteiger partial charge is 0.285 e. The molecule has 3 rings (SSSR count). The van der Waals surface area contributed by atoms with E-state index in [2.05, 4.69) is 10.6 Å². The lowest BCUT2D eigenvalue weighted by Gasteiger charge is -1.99. The Morgan fingerprint density at radius 1 is 1.09 bits per heavy atom. The molecule has 1 N–H and O–H groups in total. The van der Waals surface area contributed by atoms with E-state index in [0.29, 0.717) is 18.0 Å². The number of carbonyl (C=O) groups excluding carboxylic acids is 1. The van der Waals surface area contributed by atoms with Crippen molar-refractivity contribution in [2.24, 2.45) is 0 Å². The Morgan fingerprint density at radius 2 is 1.73 bits per heavy atom. The van der Waals surface area contributed by atoms with E-state index in [1.54, 1.807) is 16.8 Å². The van der Waals surface area contributed by atoms with Crippen LogP contribution in [-0.4, -0.2) is 11.2 Å². The predicted octanol–water partition coefficient (Wildman–Crippen LogP) is 2.57. The lowest BCUT2D eigenvalue weighted by Crippen LogP contribution is -2.38. The second kappa shape index (κ2) is 6.22. The van der Waals surface area contributed by atoms with Crippen molar-refractivity contribution in [1.29, 1.82) is 0 Å². The van der Waals surface area contributed by atoms with E-state index in [1.807, 2.05) is 55.5 Å². The molecule has 0 bridgehead atoms. The fourth-order valence-electron chi connectivity index (χ4n) is 2.12. The number of nitrogens with one attached hydrogen (secondary N) is 1. The summed E-state index contributed by atoms with van der Waals surface area (Å²) >= 11 is 0. The molecule has 0 unspecified atom stereocenters. The average Bonchev–Trinajstić information content (AvgIpc) is 2.90. The standard InChI is InChI=1S/C17H15N3O2/c1-13-17(18-16(21)15-10-6-3-7-11-15)22-19-20(13)12-14-8-4-2-5-9-14/h2-11H,12H2,1H3/p+1. The van der Waals surface area contributed by atoms with Crippen LogP contribution < -0.4 is 10.00 Å². The molecule has 0 atom stereocenters. The van der Waals surface area contributed by atoms with Crippen molar-refractivity contribution in [3.8, 4) is 0 Å². The van der Waals surface area contributed by atoms with Crippen LogP contribution in [0.2, 0.25) is 0 Å². The summed E-state index contributed by atoms with van der Waals surface area (Å²) in [6, 6.07) is 19.0. The fraction of sp³-hybridized carbons (Fsp3) is 0.118. The highest BCUT2D eigenvalue weighted by Crippen LogP contribution is 2.11. The molecule has 110 valence electrons. The average molecular weight is 294 g/mol. The molecule has 0 saturated carbocycles. The SMILES string of the molecule is Cc1c(NC(=O)c2ccccc2)on[n+]1Cc1ccccc1. The number of hydrogen-bond acceptors (Lipinski definition) is 3. The van der Waals surface area contributed by atoms with Gasteiger partial charge in [-0.05, 0) is 16.8 Å². The van der Waals surface area contributed by atoms with Gasteiger partial charge in [-0.25, -0.2) is 0 Å². The summed E-state index contributed by atoms with van der Waals surface area (Å²) in [7, 11) is 0. The predicted molar refractivity (Wildman–Crippen MR) is 81.4 cm³/mol. The second-order valence-electron chi connectivity index (χ2n) is 4.95. The zero-order valence-electron chi connectivity index (χ0n) is 12.2. The summed E-state index contributed by atoms with van der Waals surface area (Å²) in [4.78, 5) is 12.1. The van der Waals surface area contributed by atoms with Gasteiger partial charge in [0.05, 0.1) is 0 Å². The summed E-state index contributed by atoms with van der Waals surface area (Å²) in [6.07, 6.45) is 0. The molecule has 5 heteroatoms. The zero-order valence-corrected chi connectivity index (χ0v) is 12.2. The van der Waals surface area contributed by atoms with Gasteiger partial charge in [0.25, 0.3) is 11.6 Å². The maximum absolute atomic E-state index is 12.1. The van der Waals surface area contributed by atoms with Gasteiger partial charge in [-0.3, -0.25) is 14.6 Å². The maximum Gasteiger partial charge on any atom is 0.305 e. The molecular weight excluding hydrogens is 278 g/mol. The number of amides is 1. The first-order chi connectivity index (χ1) is 10.7. The van der Waals surface area contributed by atoms with Gasteiger partial charge in [0.2, 0.25) is 11.8 Å². The van der Waals surface area contributed by atoms with Crippen molar-refractivity contribution in [3.05, 3.63) is 77.5 Å². The van der Waals surface area contributed by atoms with Crippen LogP contribution >= 0.6 is 0 Å². The highest BCUT2D eigenvalue weighted by molar-refractivity contribution is 6.03. The summed E-state index contributed by atoms with van der Waals surface area (Å²) < 4.78 is 6.96. The van der Waals surface area contributed by atoms with Gasteiger partial charge in [0.1, 0.15) is 0 Å². The number of rotatable bonds is 4. The number of nitrogens with zero attached hydrogens (tertiary/aromatic N) is 2. The van der Waals surface area contributed by atoms with Crippen LogP contribution in [0.15, 0.2) is 65.2 Å². The molecule has 0 aliphatic heterocycles. The first-order valence-electron chi connectivity index (χ1n) is 7.01. The Balaban J connectivity index is 1.75. The number of anilines is 1. The van der Waals surface area contributed by atoms with Crippen LogP contribution in [0, 0.1) is 6.92 Å². The van der Waals surface area contributed by atoms with Gasteiger partial charge in [0.15, 0.2) is 0 Å². The second-order valence-corrected chi connectivity index (χ2v) is 4.95. The van der Waals surface area contributed by atoms with Gasteiger partial charge in [-0.2, -0.15) is 0 Å². The summed E-state index contributed by atoms with van der Waals surface area (Å²) in [5.74, 6) is 0.150. The third-order valence-corrected chi connectivity index (χ3v) is 3.38. The molecule has 0 radical (unpaired) electrons. The number of aromatic nitrogens is 2. The Hall–Kier alpha value is -2.95. The lowest BCUT2D eigenvalue weighted by atomic mass is 10.2. The van der Waals surface area contributed by atoms with Crippen LogP contribution in [0.4, 0.5) is 5.88 Å². The largest absolute Gasteiger partial charge is 0.305 e. The zero-order chi connectivity index (χ0) is 15.4. The third-order valence-electron chi connectivity index (χ3n) is 3.38. The fourth-order valence-corrected chi connectivity index (χ4v) is 2.12. The monoisotopic (exact) mass is 294 g/mol. The molecule has 0 spiro atoms. The van der Waals surface area contributed by atoms with E-state index in [9.17, 15) is 4.79 Å². The Morgan fingerprint density at radius 3 is 2.41 bits per heavy atom. The highest BCUT2D eigenvalue weighted by atomic mass is 16.5. The highest BCUT2D eigenvalue weighted by Gasteiger charge is 2.22. The van der Waals surface area contributed by atoms with E-state index in [0.717, 1.165) is 11.3 Å². The molecule has 1 amide bonds. The van der Waals surface area contributed by atoms with E-state index in [1.165, 1.54) is 0 Å². The maximum atomic E-state index is 12.1. The molecule has 0 aliphatic rings. The molecule has 22 heavy (non-hydrogen) atoms. The molecule has 5 nitrogen and oxygen atoms in total. The van der Waals surface area contributed by atoms with Crippen molar-refractivity contribution in [2.75, 3.05) is 5.32 Å². The summed E-state index contributed by atoms with van der Waals surface area (Å²) in [5, 5.41) is 6.73. The van der Waals surface area contributed by atoms with Crippen LogP contribution in [-0.2, 0) is 6.54 Å². The van der Waals surface area contributed by atoms with E-state index in [-0.39, 0.29) is 5.91 Å². The lowest BCUT2D eigenvalue weighted by molar-refractivity contribution is -0.759. The summed E-state index contributed by atoms with van der Waals surface area (Å²) in [5.41, 5.74) is 2.46. The van der Waals surface area contributed by atoms with Crippen molar-refractivity contribution < 1.29 is 14.0 Å². The Bertz CT molecular complexity index is 767. The molecule has 3 aromatic rings. The minimum Gasteiger partial charge on any atom is -0.285 e. The first kappa shape index (κ1) is 14.0. The normalized spacial score (nSPS) is 10.4. The van der Waals surface area contributed by atoms with Crippen molar-refractivity contribution in [3.63, 3.8) is 0 Å². The Kier molecular flexibility index (Phi) is 3.96. The molecule has 1 aromatic heterocycles. The molecule has 0 fully saturated rings. The molecule has 1 heterocycles. The van der Waals surface area contributed by atoms with Gasteiger partial charge >= 0.3 is 5.88 Å². The van der Waals surface area contributed by atoms with Gasteiger partial charge in [-0.15, -0.1) is 0 Å². The van der Waals surface area contributed by atoms with Crippen LogP contribution in [0.25, 0.3) is 0 Å². The topological polar surface area (TPSA) is 59.0 Å². The quantitative estimate of drug-likeness (QED) is 0.752. The van der Waals surface area contributed by atoms with E-state index >= 15 is 0 Å². The number of carbonyl (C=O) groups is 1. The minimum absolute atomic E-state index is 0.216. The van der Waals surface area contributed by atoms with Crippen molar-refractivity contribution in [1.82, 2.24) is 5.27 Å². The first-order valence-corrected chi connectivity index (χ1v) is 7.01. The molecule has 2 aromatic carbocycles. The van der Waals surface area contributed by atoms with E-state index in [4.69, 9.17) is 4.52 Å². The Labute approximate surface area is 128 Å². The summed E-state index contributed by atoms with van der Waals surface area (Å²) in [6.45, 7) is 2.46. The van der Waals surface area contributed by atoms with Crippen molar-refractivity contribution in [2.45, 2.75) is 13.5 Å².